The smallest absolute Gasteiger partial charge is 0.0902 e. The zero-order valence-corrected chi connectivity index (χ0v) is 7.24. The minimum Gasteiger partial charge on any atom is -0.378 e. The Morgan fingerprint density at radius 2 is 2.36 bits per heavy atom. The van der Waals surface area contributed by atoms with Crippen molar-refractivity contribution in [2.45, 2.75) is 26.5 Å². The van der Waals surface area contributed by atoms with E-state index in [0.717, 1.165) is 5.69 Å². The Balaban J connectivity index is 2.66. The SMILES string of the molecule is COCc1ccn(C(C)C)n1. The van der Waals surface area contributed by atoms with Crippen LogP contribution in [0, 0.1) is 0 Å². The van der Waals surface area contributed by atoms with Crippen LogP contribution < -0.4 is 0 Å². The lowest BCUT2D eigenvalue weighted by atomic mass is 10.4. The second-order valence-electron chi connectivity index (χ2n) is 2.81. The third kappa shape index (κ3) is 2.05. The van der Waals surface area contributed by atoms with Gasteiger partial charge in [0.2, 0.25) is 0 Å². The van der Waals surface area contributed by atoms with E-state index in [1.807, 2.05) is 16.9 Å². The van der Waals surface area contributed by atoms with Gasteiger partial charge in [0.1, 0.15) is 0 Å². The van der Waals surface area contributed by atoms with E-state index in [0.29, 0.717) is 12.6 Å². The number of hydrogen-bond acceptors (Lipinski definition) is 2. The van der Waals surface area contributed by atoms with E-state index in [-0.39, 0.29) is 0 Å². The molecule has 0 atom stereocenters. The molecule has 0 bridgehead atoms. The van der Waals surface area contributed by atoms with Gasteiger partial charge in [0.25, 0.3) is 0 Å². The van der Waals surface area contributed by atoms with E-state index in [4.69, 9.17) is 4.74 Å². The fourth-order valence-electron chi connectivity index (χ4n) is 0.890. The minimum atomic E-state index is 0.431. The third-order valence-electron chi connectivity index (χ3n) is 1.48. The number of nitrogens with zero attached hydrogens (tertiary/aromatic N) is 2. The lowest BCUT2D eigenvalue weighted by molar-refractivity contribution is 0.180. The number of ether oxygens (including phenoxy) is 1. The lowest BCUT2D eigenvalue weighted by Crippen LogP contribution is -2.01. The molecule has 62 valence electrons. The summed E-state index contributed by atoms with van der Waals surface area (Å²) >= 11 is 0. The van der Waals surface area contributed by atoms with Crippen molar-refractivity contribution in [1.29, 1.82) is 0 Å². The van der Waals surface area contributed by atoms with Crippen molar-refractivity contribution in [2.75, 3.05) is 7.11 Å². The fourth-order valence-corrected chi connectivity index (χ4v) is 0.890. The summed E-state index contributed by atoms with van der Waals surface area (Å²) in [6, 6.07) is 2.41. The highest BCUT2D eigenvalue weighted by molar-refractivity contribution is 4.97. The van der Waals surface area contributed by atoms with Gasteiger partial charge in [-0.25, -0.2) is 0 Å². The van der Waals surface area contributed by atoms with Crippen LogP contribution in [-0.2, 0) is 11.3 Å². The average Bonchev–Trinajstić information content (AvgIpc) is 2.37. The predicted molar refractivity (Wildman–Crippen MR) is 43.3 cm³/mol. The molecule has 0 aromatic carbocycles. The van der Waals surface area contributed by atoms with Gasteiger partial charge in [0, 0.05) is 19.3 Å². The Hall–Kier alpha value is -0.830. The standard InChI is InChI=1S/C8H14N2O/c1-7(2)10-5-4-8(9-10)6-11-3/h4-5,7H,6H2,1-3H3. The second-order valence-corrected chi connectivity index (χ2v) is 2.81. The summed E-state index contributed by atoms with van der Waals surface area (Å²) in [6.07, 6.45) is 1.97. The van der Waals surface area contributed by atoms with Gasteiger partial charge in [0.05, 0.1) is 12.3 Å². The van der Waals surface area contributed by atoms with E-state index in [1.165, 1.54) is 0 Å². The van der Waals surface area contributed by atoms with Gasteiger partial charge in [-0.15, -0.1) is 0 Å². The Kier molecular flexibility index (Phi) is 2.65. The molecule has 0 amide bonds. The van der Waals surface area contributed by atoms with Crippen molar-refractivity contribution in [3.05, 3.63) is 18.0 Å². The quantitative estimate of drug-likeness (QED) is 0.661. The topological polar surface area (TPSA) is 27.1 Å². The highest BCUT2D eigenvalue weighted by atomic mass is 16.5. The molecule has 0 unspecified atom stereocenters. The highest BCUT2D eigenvalue weighted by Gasteiger charge is 1.99. The molecule has 0 aliphatic rings. The molecule has 0 spiro atoms. The Labute approximate surface area is 67.0 Å². The van der Waals surface area contributed by atoms with Crippen molar-refractivity contribution >= 4 is 0 Å². The normalized spacial score (nSPS) is 10.9. The first-order valence-corrected chi connectivity index (χ1v) is 3.77. The van der Waals surface area contributed by atoms with Crippen molar-refractivity contribution in [3.8, 4) is 0 Å². The Bertz CT molecular complexity index is 218. The minimum absolute atomic E-state index is 0.431. The van der Waals surface area contributed by atoms with Crippen LogP contribution in [0.25, 0.3) is 0 Å². The summed E-state index contributed by atoms with van der Waals surface area (Å²) in [4.78, 5) is 0. The first-order valence-electron chi connectivity index (χ1n) is 3.77. The van der Waals surface area contributed by atoms with Crippen LogP contribution in [-0.4, -0.2) is 16.9 Å². The summed E-state index contributed by atoms with van der Waals surface area (Å²) in [6.45, 7) is 4.80. The molecule has 3 heteroatoms. The molecule has 0 N–H and O–H groups in total. The molecule has 0 saturated carbocycles. The molecule has 0 aliphatic carbocycles. The average molecular weight is 154 g/mol. The molecule has 1 heterocycles. The van der Waals surface area contributed by atoms with Gasteiger partial charge in [-0.1, -0.05) is 0 Å². The monoisotopic (exact) mass is 154 g/mol. The van der Waals surface area contributed by atoms with Gasteiger partial charge in [-0.05, 0) is 19.9 Å². The number of aromatic nitrogens is 2. The maximum Gasteiger partial charge on any atom is 0.0902 e. The van der Waals surface area contributed by atoms with Crippen LogP contribution in [0.2, 0.25) is 0 Å². The second kappa shape index (κ2) is 3.53. The molecule has 3 nitrogen and oxygen atoms in total. The van der Waals surface area contributed by atoms with Crippen molar-refractivity contribution in [3.63, 3.8) is 0 Å². The zero-order chi connectivity index (χ0) is 8.27. The number of rotatable bonds is 3. The van der Waals surface area contributed by atoms with Gasteiger partial charge in [-0.3, -0.25) is 4.68 Å². The van der Waals surface area contributed by atoms with Crippen LogP contribution in [0.15, 0.2) is 12.3 Å². The van der Waals surface area contributed by atoms with Crippen LogP contribution in [0.3, 0.4) is 0 Å². The summed E-state index contributed by atoms with van der Waals surface area (Å²) in [7, 11) is 1.67. The first kappa shape index (κ1) is 8.27. The molecule has 1 aromatic heterocycles. The van der Waals surface area contributed by atoms with Gasteiger partial charge in [0.15, 0.2) is 0 Å². The molecular weight excluding hydrogens is 140 g/mol. The van der Waals surface area contributed by atoms with Crippen molar-refractivity contribution in [1.82, 2.24) is 9.78 Å². The van der Waals surface area contributed by atoms with Crippen molar-refractivity contribution < 1.29 is 4.74 Å². The molecule has 0 aliphatic heterocycles. The Morgan fingerprint density at radius 1 is 1.64 bits per heavy atom. The first-order chi connectivity index (χ1) is 5.24. The molecule has 0 fully saturated rings. The highest BCUT2D eigenvalue weighted by Crippen LogP contribution is 2.04. The Morgan fingerprint density at radius 3 is 2.82 bits per heavy atom. The summed E-state index contributed by atoms with van der Waals surface area (Å²) in [5.74, 6) is 0. The largest absolute Gasteiger partial charge is 0.378 e. The van der Waals surface area contributed by atoms with Gasteiger partial charge in [-0.2, -0.15) is 5.10 Å². The molecule has 0 saturated heterocycles. The molecule has 1 rings (SSSR count). The predicted octanol–water partition coefficient (Wildman–Crippen LogP) is 1.61. The lowest BCUT2D eigenvalue weighted by Gasteiger charge is -2.03. The van der Waals surface area contributed by atoms with E-state index in [1.54, 1.807) is 7.11 Å². The van der Waals surface area contributed by atoms with E-state index >= 15 is 0 Å². The van der Waals surface area contributed by atoms with Crippen molar-refractivity contribution in [2.24, 2.45) is 0 Å². The maximum absolute atomic E-state index is 4.95. The molecule has 1 aromatic rings. The molecule has 11 heavy (non-hydrogen) atoms. The van der Waals surface area contributed by atoms with E-state index in [9.17, 15) is 0 Å². The zero-order valence-electron chi connectivity index (χ0n) is 7.24. The van der Waals surface area contributed by atoms with Gasteiger partial charge >= 0.3 is 0 Å². The van der Waals surface area contributed by atoms with Crippen LogP contribution >= 0.6 is 0 Å². The fraction of sp³-hybridized carbons (Fsp3) is 0.625. The summed E-state index contributed by atoms with van der Waals surface area (Å²) in [5, 5.41) is 4.29. The molecular formula is C8H14N2O. The molecule has 0 radical (unpaired) electrons. The summed E-state index contributed by atoms with van der Waals surface area (Å²) in [5.41, 5.74) is 0.987. The van der Waals surface area contributed by atoms with Crippen LogP contribution in [0.4, 0.5) is 0 Å². The maximum atomic E-state index is 4.95. The van der Waals surface area contributed by atoms with Gasteiger partial charge < -0.3 is 4.74 Å². The van der Waals surface area contributed by atoms with E-state index < -0.39 is 0 Å². The van der Waals surface area contributed by atoms with Crippen LogP contribution in [0.1, 0.15) is 25.6 Å². The van der Waals surface area contributed by atoms with Crippen LogP contribution in [0.5, 0.6) is 0 Å². The number of hydrogen-bond donors (Lipinski definition) is 0. The third-order valence-corrected chi connectivity index (χ3v) is 1.48. The summed E-state index contributed by atoms with van der Waals surface area (Å²) < 4.78 is 6.87. The van der Waals surface area contributed by atoms with E-state index in [2.05, 4.69) is 18.9 Å². The number of methoxy groups -OCH3 is 1.